The van der Waals surface area contributed by atoms with Crippen LogP contribution in [-0.2, 0) is 9.59 Å². The molecule has 1 aliphatic carbocycles. The van der Waals surface area contributed by atoms with E-state index in [-0.39, 0.29) is 17.9 Å². The smallest absolute Gasteiger partial charge is 0.240 e. The first-order valence-electron chi connectivity index (χ1n) is 6.34. The van der Waals surface area contributed by atoms with Gasteiger partial charge < -0.3 is 10.6 Å². The summed E-state index contributed by atoms with van der Waals surface area (Å²) in [4.78, 5) is 24.9. The maximum Gasteiger partial charge on any atom is 0.240 e. The van der Waals surface area contributed by atoms with Gasteiger partial charge in [-0.1, -0.05) is 30.3 Å². The first-order valence-corrected chi connectivity index (χ1v) is 6.34. The van der Waals surface area contributed by atoms with Crippen molar-refractivity contribution in [2.45, 2.75) is 37.3 Å². The molecule has 1 aliphatic heterocycles. The first kappa shape index (κ1) is 11.3. The summed E-state index contributed by atoms with van der Waals surface area (Å²) in [7, 11) is 0. The number of rotatable bonds is 3. The molecule has 2 fully saturated rings. The number of nitrogens with two attached hydrogens (primary N) is 1. The molecule has 2 amide bonds. The first-order chi connectivity index (χ1) is 8.68. The number of carbonyl (C=O) groups is 2. The van der Waals surface area contributed by atoms with Crippen LogP contribution in [0.5, 0.6) is 0 Å². The van der Waals surface area contributed by atoms with Gasteiger partial charge in [0.25, 0.3) is 0 Å². The highest BCUT2D eigenvalue weighted by atomic mass is 16.2. The maximum absolute atomic E-state index is 11.9. The lowest BCUT2D eigenvalue weighted by atomic mass is 10.1. The summed E-state index contributed by atoms with van der Waals surface area (Å²) < 4.78 is 0. The second-order valence-corrected chi connectivity index (χ2v) is 5.08. The van der Waals surface area contributed by atoms with Gasteiger partial charge in [-0.05, 0) is 18.4 Å². The van der Waals surface area contributed by atoms with E-state index in [1.54, 1.807) is 4.90 Å². The van der Waals surface area contributed by atoms with Crippen LogP contribution in [0.2, 0.25) is 0 Å². The largest absolute Gasteiger partial charge is 0.368 e. The van der Waals surface area contributed by atoms with Crippen molar-refractivity contribution in [3.8, 4) is 0 Å². The third-order valence-electron chi connectivity index (χ3n) is 3.93. The van der Waals surface area contributed by atoms with Gasteiger partial charge in [-0.15, -0.1) is 0 Å². The Hall–Kier alpha value is -1.84. The van der Waals surface area contributed by atoms with Gasteiger partial charge >= 0.3 is 0 Å². The van der Waals surface area contributed by atoms with Gasteiger partial charge in [0.05, 0.1) is 0 Å². The Labute approximate surface area is 106 Å². The molecule has 3 rings (SSSR count). The molecule has 94 valence electrons. The van der Waals surface area contributed by atoms with Crippen LogP contribution in [0, 0.1) is 0 Å². The van der Waals surface area contributed by atoms with Crippen molar-refractivity contribution in [2.24, 2.45) is 5.73 Å². The van der Waals surface area contributed by atoms with Crippen LogP contribution in [-0.4, -0.2) is 28.8 Å². The highest BCUT2D eigenvalue weighted by Gasteiger charge is 2.50. The van der Waals surface area contributed by atoms with Crippen molar-refractivity contribution in [2.75, 3.05) is 0 Å². The van der Waals surface area contributed by atoms with E-state index in [4.69, 9.17) is 5.73 Å². The molecule has 1 saturated heterocycles. The van der Waals surface area contributed by atoms with Crippen LogP contribution in [0.1, 0.15) is 30.7 Å². The summed E-state index contributed by atoms with van der Waals surface area (Å²) in [5.41, 5.74) is 6.61. The Morgan fingerprint density at radius 1 is 1.28 bits per heavy atom. The molecule has 0 spiro atoms. The molecule has 1 saturated carbocycles. The zero-order valence-corrected chi connectivity index (χ0v) is 10.1. The van der Waals surface area contributed by atoms with E-state index in [2.05, 4.69) is 12.1 Å². The Bertz CT molecular complexity index is 486. The molecule has 0 unspecified atom stereocenters. The molecule has 3 atom stereocenters. The molecular formula is C14H16N2O2. The molecule has 1 aromatic carbocycles. The lowest BCUT2D eigenvalue weighted by molar-refractivity contribution is -0.134. The minimum atomic E-state index is -0.392. The second kappa shape index (κ2) is 4.12. The standard InChI is InChI=1S/C14H16N2O2/c15-14(18)11-6-7-13(17)16(11)12-8-10(12)9-4-2-1-3-5-9/h1-5,10-12H,6-8H2,(H2,15,18)/t10-,11+,12+/m1/s1. The molecule has 4 nitrogen and oxygen atoms in total. The number of amides is 2. The van der Waals surface area contributed by atoms with Gasteiger partial charge in [-0.25, -0.2) is 0 Å². The Balaban J connectivity index is 1.77. The van der Waals surface area contributed by atoms with Crippen molar-refractivity contribution < 1.29 is 9.59 Å². The third kappa shape index (κ3) is 1.78. The van der Waals surface area contributed by atoms with Crippen molar-refractivity contribution in [3.05, 3.63) is 35.9 Å². The Morgan fingerprint density at radius 2 is 2.00 bits per heavy atom. The molecule has 0 aromatic heterocycles. The van der Waals surface area contributed by atoms with Gasteiger partial charge in [0, 0.05) is 18.4 Å². The highest BCUT2D eigenvalue weighted by Crippen LogP contribution is 2.47. The van der Waals surface area contributed by atoms with Crippen LogP contribution < -0.4 is 5.73 Å². The molecule has 0 bridgehead atoms. The predicted octanol–water partition coefficient (Wildman–Crippen LogP) is 1.02. The highest BCUT2D eigenvalue weighted by molar-refractivity contribution is 5.90. The lowest BCUT2D eigenvalue weighted by Crippen LogP contribution is -2.43. The molecular weight excluding hydrogens is 228 g/mol. The quantitative estimate of drug-likeness (QED) is 0.862. The SMILES string of the molecule is NC(=O)[C@@H]1CCC(=O)N1[C@H]1C[C@@H]1c1ccccc1. The number of hydrogen-bond donors (Lipinski definition) is 1. The van der Waals surface area contributed by atoms with E-state index in [9.17, 15) is 9.59 Å². The predicted molar refractivity (Wildman–Crippen MR) is 66.7 cm³/mol. The second-order valence-electron chi connectivity index (χ2n) is 5.08. The van der Waals surface area contributed by atoms with Gasteiger partial charge in [-0.2, -0.15) is 0 Å². The van der Waals surface area contributed by atoms with E-state index in [0.29, 0.717) is 18.8 Å². The van der Waals surface area contributed by atoms with Crippen molar-refractivity contribution in [1.29, 1.82) is 0 Å². The fourth-order valence-electron chi connectivity index (χ4n) is 2.95. The Morgan fingerprint density at radius 3 is 2.67 bits per heavy atom. The summed E-state index contributed by atoms with van der Waals surface area (Å²) >= 11 is 0. The van der Waals surface area contributed by atoms with Crippen LogP contribution in [0.3, 0.4) is 0 Å². The number of hydrogen-bond acceptors (Lipinski definition) is 2. The zero-order valence-electron chi connectivity index (χ0n) is 10.1. The molecule has 4 heteroatoms. The Kier molecular flexibility index (Phi) is 2.58. The minimum absolute atomic E-state index is 0.0715. The number of benzene rings is 1. The van der Waals surface area contributed by atoms with Crippen LogP contribution in [0.4, 0.5) is 0 Å². The van der Waals surface area contributed by atoms with E-state index >= 15 is 0 Å². The minimum Gasteiger partial charge on any atom is -0.368 e. The molecule has 1 heterocycles. The number of primary amides is 1. The normalized spacial score (nSPS) is 30.6. The van der Waals surface area contributed by atoms with Gasteiger partial charge in [-0.3, -0.25) is 9.59 Å². The van der Waals surface area contributed by atoms with Crippen LogP contribution in [0.25, 0.3) is 0 Å². The average molecular weight is 244 g/mol. The zero-order chi connectivity index (χ0) is 12.7. The van der Waals surface area contributed by atoms with Crippen LogP contribution in [0.15, 0.2) is 30.3 Å². The molecule has 0 radical (unpaired) electrons. The summed E-state index contributed by atoms with van der Waals surface area (Å²) in [6.45, 7) is 0. The maximum atomic E-state index is 11.9. The fraction of sp³-hybridized carbons (Fsp3) is 0.429. The lowest BCUT2D eigenvalue weighted by Gasteiger charge is -2.22. The topological polar surface area (TPSA) is 63.4 Å². The van der Waals surface area contributed by atoms with Gasteiger partial charge in [0.15, 0.2) is 0 Å². The van der Waals surface area contributed by atoms with Gasteiger partial charge in [0.1, 0.15) is 6.04 Å². The average Bonchev–Trinajstić information content (AvgIpc) is 3.06. The third-order valence-corrected chi connectivity index (χ3v) is 3.93. The van der Waals surface area contributed by atoms with Crippen molar-refractivity contribution in [1.82, 2.24) is 4.90 Å². The number of nitrogens with zero attached hydrogens (tertiary/aromatic N) is 1. The molecule has 18 heavy (non-hydrogen) atoms. The van der Waals surface area contributed by atoms with E-state index in [1.165, 1.54) is 5.56 Å². The van der Waals surface area contributed by atoms with Crippen molar-refractivity contribution >= 4 is 11.8 Å². The summed E-state index contributed by atoms with van der Waals surface area (Å²) in [5, 5.41) is 0. The summed E-state index contributed by atoms with van der Waals surface area (Å²) in [6, 6.07) is 9.91. The summed E-state index contributed by atoms with van der Waals surface area (Å²) in [5.74, 6) is 0.0666. The monoisotopic (exact) mass is 244 g/mol. The molecule has 2 N–H and O–H groups in total. The summed E-state index contributed by atoms with van der Waals surface area (Å²) in [6.07, 6.45) is 1.97. The molecule has 1 aromatic rings. The number of carbonyl (C=O) groups excluding carboxylic acids is 2. The molecule has 2 aliphatic rings. The van der Waals surface area contributed by atoms with E-state index < -0.39 is 6.04 Å². The van der Waals surface area contributed by atoms with E-state index in [0.717, 1.165) is 6.42 Å². The van der Waals surface area contributed by atoms with Crippen LogP contribution >= 0.6 is 0 Å². The van der Waals surface area contributed by atoms with E-state index in [1.807, 2.05) is 18.2 Å². The van der Waals surface area contributed by atoms with Crippen molar-refractivity contribution in [3.63, 3.8) is 0 Å². The number of likely N-dealkylation sites (tertiary alicyclic amines) is 1. The fourth-order valence-corrected chi connectivity index (χ4v) is 2.95. The van der Waals surface area contributed by atoms with Gasteiger partial charge in [0.2, 0.25) is 11.8 Å².